The van der Waals surface area contributed by atoms with E-state index in [1.165, 1.54) is 0 Å². The van der Waals surface area contributed by atoms with Crippen molar-refractivity contribution in [3.05, 3.63) is 51.8 Å². The summed E-state index contributed by atoms with van der Waals surface area (Å²) in [6, 6.07) is 9.30. The molecule has 0 radical (unpaired) electrons. The molecule has 0 aliphatic carbocycles. The van der Waals surface area contributed by atoms with Gasteiger partial charge in [0.05, 0.1) is 17.8 Å². The van der Waals surface area contributed by atoms with E-state index in [-0.39, 0.29) is 5.91 Å². The average molecular weight is 308 g/mol. The van der Waals surface area contributed by atoms with Crippen LogP contribution in [-0.4, -0.2) is 15.7 Å². The first-order valence-electron chi connectivity index (χ1n) is 5.60. The highest BCUT2D eigenvalue weighted by atomic mass is 79.9. The van der Waals surface area contributed by atoms with Gasteiger partial charge in [-0.3, -0.25) is 9.48 Å². The van der Waals surface area contributed by atoms with Gasteiger partial charge in [0.25, 0.3) is 5.91 Å². The molecule has 2 aromatic rings. The number of nitrogens with one attached hydrogen (secondary N) is 1. The van der Waals surface area contributed by atoms with Gasteiger partial charge in [0.1, 0.15) is 0 Å². The van der Waals surface area contributed by atoms with Crippen molar-refractivity contribution in [1.82, 2.24) is 15.1 Å². The molecule has 0 saturated carbocycles. The minimum absolute atomic E-state index is 0.106. The van der Waals surface area contributed by atoms with Gasteiger partial charge in [-0.15, -0.1) is 0 Å². The molecule has 1 N–H and O–H groups in total. The number of hydrogen-bond donors (Lipinski definition) is 1. The third kappa shape index (κ3) is 2.79. The molecule has 18 heavy (non-hydrogen) atoms. The van der Waals surface area contributed by atoms with Crippen molar-refractivity contribution in [1.29, 1.82) is 0 Å². The summed E-state index contributed by atoms with van der Waals surface area (Å²) >= 11 is 3.36. The van der Waals surface area contributed by atoms with Crippen LogP contribution in [0.3, 0.4) is 0 Å². The number of hydrogen-bond acceptors (Lipinski definition) is 2. The van der Waals surface area contributed by atoms with Gasteiger partial charge in [-0.25, -0.2) is 0 Å². The van der Waals surface area contributed by atoms with Gasteiger partial charge in [-0.2, -0.15) is 5.10 Å². The number of nitrogens with zero attached hydrogens (tertiary/aromatic N) is 2. The standard InChI is InChI=1S/C13H14BrN3O/c1-9-7-10(16-17(9)2)8-15-13(18)11-5-3-4-6-12(11)14/h3-7H,8H2,1-2H3,(H,15,18). The molecule has 0 aliphatic heterocycles. The zero-order chi connectivity index (χ0) is 13.1. The molecule has 1 aromatic heterocycles. The highest BCUT2D eigenvalue weighted by Gasteiger charge is 2.09. The summed E-state index contributed by atoms with van der Waals surface area (Å²) < 4.78 is 2.58. The monoisotopic (exact) mass is 307 g/mol. The second kappa shape index (κ2) is 5.35. The molecular formula is C13H14BrN3O. The maximum Gasteiger partial charge on any atom is 0.252 e. The van der Waals surface area contributed by atoms with E-state index in [0.29, 0.717) is 12.1 Å². The minimum Gasteiger partial charge on any atom is -0.346 e. The Bertz CT molecular complexity index is 558. The number of halogens is 1. The molecule has 5 heteroatoms. The Morgan fingerprint density at radius 1 is 1.44 bits per heavy atom. The van der Waals surface area contributed by atoms with Gasteiger partial charge in [-0.05, 0) is 41.1 Å². The first kappa shape index (κ1) is 12.8. The zero-order valence-corrected chi connectivity index (χ0v) is 11.9. The maximum atomic E-state index is 12.0. The SMILES string of the molecule is Cc1cc(CNC(=O)c2ccccc2Br)nn1C. The van der Waals surface area contributed by atoms with Crippen LogP contribution in [0.25, 0.3) is 0 Å². The molecule has 0 unspecified atom stereocenters. The van der Waals surface area contributed by atoms with Crippen LogP contribution in [-0.2, 0) is 13.6 Å². The predicted octanol–water partition coefficient (Wildman–Crippen LogP) is 2.42. The Morgan fingerprint density at radius 3 is 2.78 bits per heavy atom. The number of carbonyl (C=O) groups is 1. The van der Waals surface area contributed by atoms with E-state index in [0.717, 1.165) is 15.9 Å². The molecule has 94 valence electrons. The summed E-state index contributed by atoms with van der Waals surface area (Å²) in [5, 5.41) is 7.14. The van der Waals surface area contributed by atoms with Crippen LogP contribution in [0.2, 0.25) is 0 Å². The van der Waals surface area contributed by atoms with Crippen LogP contribution in [0.5, 0.6) is 0 Å². The maximum absolute atomic E-state index is 12.0. The van der Waals surface area contributed by atoms with E-state index >= 15 is 0 Å². The molecule has 0 saturated heterocycles. The average Bonchev–Trinajstić information content (AvgIpc) is 2.66. The lowest BCUT2D eigenvalue weighted by Gasteiger charge is -2.04. The van der Waals surface area contributed by atoms with Crippen molar-refractivity contribution < 1.29 is 4.79 Å². The number of benzene rings is 1. The Balaban J connectivity index is 2.03. The summed E-state index contributed by atoms with van der Waals surface area (Å²) in [5.41, 5.74) is 2.56. The fourth-order valence-corrected chi connectivity index (χ4v) is 2.10. The molecular weight excluding hydrogens is 294 g/mol. The Kier molecular flexibility index (Phi) is 3.81. The van der Waals surface area contributed by atoms with Gasteiger partial charge in [0.15, 0.2) is 0 Å². The van der Waals surface area contributed by atoms with Gasteiger partial charge in [0, 0.05) is 17.2 Å². The number of rotatable bonds is 3. The third-order valence-corrected chi connectivity index (χ3v) is 3.40. The Labute approximate surface area is 114 Å². The molecule has 0 atom stereocenters. The molecule has 0 fully saturated rings. The van der Waals surface area contributed by atoms with Crippen LogP contribution >= 0.6 is 15.9 Å². The largest absolute Gasteiger partial charge is 0.346 e. The summed E-state index contributed by atoms with van der Waals surface area (Å²) in [6.45, 7) is 2.41. The van der Waals surface area contributed by atoms with Gasteiger partial charge >= 0.3 is 0 Å². The second-order valence-corrected chi connectivity index (χ2v) is 4.92. The normalized spacial score (nSPS) is 10.4. The second-order valence-electron chi connectivity index (χ2n) is 4.06. The summed E-state index contributed by atoms with van der Waals surface area (Å²) in [4.78, 5) is 12.0. The molecule has 0 spiro atoms. The molecule has 4 nitrogen and oxygen atoms in total. The number of aryl methyl sites for hydroxylation is 2. The van der Waals surface area contributed by atoms with Crippen molar-refractivity contribution in [3.63, 3.8) is 0 Å². The van der Waals surface area contributed by atoms with Crippen LogP contribution in [0.15, 0.2) is 34.8 Å². The van der Waals surface area contributed by atoms with Crippen LogP contribution in [0, 0.1) is 6.92 Å². The number of carbonyl (C=O) groups excluding carboxylic acids is 1. The van der Waals surface area contributed by atoms with Crippen molar-refractivity contribution in [2.45, 2.75) is 13.5 Å². The number of amides is 1. The van der Waals surface area contributed by atoms with Crippen molar-refractivity contribution in [2.75, 3.05) is 0 Å². The Morgan fingerprint density at radius 2 is 2.17 bits per heavy atom. The van der Waals surface area contributed by atoms with Crippen molar-refractivity contribution in [2.24, 2.45) is 7.05 Å². The first-order valence-corrected chi connectivity index (χ1v) is 6.39. The van der Waals surface area contributed by atoms with E-state index in [2.05, 4.69) is 26.3 Å². The van der Waals surface area contributed by atoms with Crippen LogP contribution in [0.4, 0.5) is 0 Å². The molecule has 1 amide bonds. The fraction of sp³-hybridized carbons (Fsp3) is 0.231. The van der Waals surface area contributed by atoms with Gasteiger partial charge < -0.3 is 5.32 Å². The molecule has 0 aliphatic rings. The van der Waals surface area contributed by atoms with Gasteiger partial charge in [0.2, 0.25) is 0 Å². The van der Waals surface area contributed by atoms with E-state index in [9.17, 15) is 4.79 Å². The van der Waals surface area contributed by atoms with Crippen molar-refractivity contribution >= 4 is 21.8 Å². The van der Waals surface area contributed by atoms with E-state index in [1.807, 2.05) is 38.2 Å². The summed E-state index contributed by atoms with van der Waals surface area (Å²) in [7, 11) is 1.88. The molecule has 0 bridgehead atoms. The zero-order valence-electron chi connectivity index (χ0n) is 10.3. The first-order chi connectivity index (χ1) is 8.58. The lowest BCUT2D eigenvalue weighted by molar-refractivity contribution is 0.0949. The molecule has 2 rings (SSSR count). The Hall–Kier alpha value is -1.62. The fourth-order valence-electron chi connectivity index (χ4n) is 1.63. The van der Waals surface area contributed by atoms with E-state index in [1.54, 1.807) is 10.7 Å². The van der Waals surface area contributed by atoms with Crippen LogP contribution in [0.1, 0.15) is 21.7 Å². The highest BCUT2D eigenvalue weighted by Crippen LogP contribution is 2.15. The summed E-state index contributed by atoms with van der Waals surface area (Å²) in [6.07, 6.45) is 0. The van der Waals surface area contributed by atoms with Crippen molar-refractivity contribution in [3.8, 4) is 0 Å². The van der Waals surface area contributed by atoms with Crippen LogP contribution < -0.4 is 5.32 Å². The quantitative estimate of drug-likeness (QED) is 0.946. The van der Waals surface area contributed by atoms with E-state index < -0.39 is 0 Å². The lowest BCUT2D eigenvalue weighted by atomic mass is 10.2. The lowest BCUT2D eigenvalue weighted by Crippen LogP contribution is -2.23. The summed E-state index contributed by atoms with van der Waals surface area (Å²) in [5.74, 6) is -0.106. The predicted molar refractivity (Wildman–Crippen MR) is 73.3 cm³/mol. The van der Waals surface area contributed by atoms with E-state index in [4.69, 9.17) is 0 Å². The smallest absolute Gasteiger partial charge is 0.252 e. The molecule has 1 aromatic carbocycles. The van der Waals surface area contributed by atoms with Gasteiger partial charge in [-0.1, -0.05) is 12.1 Å². The third-order valence-electron chi connectivity index (χ3n) is 2.71. The highest BCUT2D eigenvalue weighted by molar-refractivity contribution is 9.10. The topological polar surface area (TPSA) is 46.9 Å². The molecule has 1 heterocycles. The number of aromatic nitrogens is 2. The minimum atomic E-state index is -0.106.